The predicted molar refractivity (Wildman–Crippen MR) is 69.1 cm³/mol. The van der Waals surface area contributed by atoms with Crippen LogP contribution in [0.5, 0.6) is 0 Å². The third kappa shape index (κ3) is 3.18. The number of hydrogen-bond acceptors (Lipinski definition) is 6. The third-order valence-corrected chi connectivity index (χ3v) is 3.36. The highest BCUT2D eigenvalue weighted by molar-refractivity contribution is 5.47. The predicted octanol–water partition coefficient (Wildman–Crippen LogP) is 0.823. The average Bonchev–Trinajstić information content (AvgIpc) is 2.41. The number of piperidine rings is 1. The van der Waals surface area contributed by atoms with Crippen LogP contribution in [0, 0.1) is 16.0 Å². The van der Waals surface area contributed by atoms with Crippen molar-refractivity contribution < 1.29 is 14.8 Å². The van der Waals surface area contributed by atoms with E-state index in [2.05, 4.69) is 9.88 Å². The number of aliphatic hydroxyl groups is 1. The lowest BCUT2D eigenvalue weighted by molar-refractivity contribution is -0.389. The van der Waals surface area contributed by atoms with Gasteiger partial charge >= 0.3 is 5.82 Å². The molecule has 19 heavy (non-hydrogen) atoms. The number of pyridine rings is 1. The first-order valence-corrected chi connectivity index (χ1v) is 6.14. The van der Waals surface area contributed by atoms with E-state index in [-0.39, 0.29) is 17.8 Å². The van der Waals surface area contributed by atoms with Crippen LogP contribution >= 0.6 is 0 Å². The molecule has 7 heteroatoms. The highest BCUT2D eigenvalue weighted by Crippen LogP contribution is 2.24. The number of anilines is 1. The summed E-state index contributed by atoms with van der Waals surface area (Å²) >= 11 is 0. The zero-order valence-corrected chi connectivity index (χ0v) is 10.7. The van der Waals surface area contributed by atoms with Gasteiger partial charge in [0.2, 0.25) is 0 Å². The number of hydrogen-bond donors (Lipinski definition) is 1. The number of methoxy groups -OCH3 is 1. The zero-order chi connectivity index (χ0) is 13.8. The summed E-state index contributed by atoms with van der Waals surface area (Å²) in [5, 5.41) is 20.4. The Kier molecular flexibility index (Phi) is 4.28. The SMILES string of the molecule is COCC1CN(c2ccc([N+](=O)[O-])nc2)CCC1O. The van der Waals surface area contributed by atoms with Crippen molar-refractivity contribution in [2.24, 2.45) is 5.92 Å². The molecule has 104 valence electrons. The van der Waals surface area contributed by atoms with E-state index in [1.54, 1.807) is 13.2 Å². The van der Waals surface area contributed by atoms with Gasteiger partial charge < -0.3 is 24.9 Å². The van der Waals surface area contributed by atoms with Gasteiger partial charge in [-0.1, -0.05) is 0 Å². The van der Waals surface area contributed by atoms with Crippen LogP contribution in [-0.2, 0) is 4.74 Å². The molecule has 1 saturated heterocycles. The first kappa shape index (κ1) is 13.7. The van der Waals surface area contributed by atoms with Crippen molar-refractivity contribution in [3.05, 3.63) is 28.4 Å². The van der Waals surface area contributed by atoms with Gasteiger partial charge in [0.1, 0.15) is 0 Å². The van der Waals surface area contributed by atoms with Gasteiger partial charge in [-0.15, -0.1) is 0 Å². The van der Waals surface area contributed by atoms with Gasteiger partial charge in [-0.25, -0.2) is 0 Å². The highest BCUT2D eigenvalue weighted by atomic mass is 16.6. The molecule has 2 rings (SSSR count). The molecule has 1 fully saturated rings. The van der Waals surface area contributed by atoms with Crippen LogP contribution < -0.4 is 4.90 Å². The molecule has 0 aromatic carbocycles. The van der Waals surface area contributed by atoms with Crippen LogP contribution in [0.4, 0.5) is 11.5 Å². The molecule has 0 spiro atoms. The van der Waals surface area contributed by atoms with Gasteiger partial charge in [0, 0.05) is 32.2 Å². The maximum Gasteiger partial charge on any atom is 0.363 e. The van der Waals surface area contributed by atoms with Crippen LogP contribution in [0.2, 0.25) is 0 Å². The summed E-state index contributed by atoms with van der Waals surface area (Å²) in [4.78, 5) is 15.9. The number of aromatic nitrogens is 1. The quantitative estimate of drug-likeness (QED) is 0.642. The molecule has 0 radical (unpaired) electrons. The minimum atomic E-state index is -0.516. The molecule has 7 nitrogen and oxygen atoms in total. The van der Waals surface area contributed by atoms with Crippen LogP contribution in [0.1, 0.15) is 6.42 Å². The van der Waals surface area contributed by atoms with Crippen LogP contribution in [0.25, 0.3) is 0 Å². The number of nitro groups is 1. The van der Waals surface area contributed by atoms with E-state index in [9.17, 15) is 15.2 Å². The highest BCUT2D eigenvalue weighted by Gasteiger charge is 2.28. The lowest BCUT2D eigenvalue weighted by Gasteiger charge is -2.36. The standard InChI is InChI=1S/C12H17N3O4/c1-19-8-9-7-14(5-4-11(9)16)10-2-3-12(13-6-10)15(17)18/h2-3,6,9,11,16H,4-5,7-8H2,1H3. The maximum atomic E-state index is 10.5. The molecule has 1 aromatic heterocycles. The molecule has 2 unspecified atom stereocenters. The molecule has 0 saturated carbocycles. The second-order valence-electron chi connectivity index (χ2n) is 4.65. The van der Waals surface area contributed by atoms with Crippen LogP contribution in [0.3, 0.4) is 0 Å². The number of rotatable bonds is 4. The molecule has 2 atom stereocenters. The Bertz CT molecular complexity index is 437. The first-order chi connectivity index (χ1) is 9.11. The van der Waals surface area contributed by atoms with Crippen molar-refractivity contribution in [2.75, 3.05) is 31.7 Å². The number of nitrogens with zero attached hydrogens (tertiary/aromatic N) is 3. The van der Waals surface area contributed by atoms with Crippen molar-refractivity contribution in [1.29, 1.82) is 0 Å². The molecule has 1 aromatic rings. The summed E-state index contributed by atoms with van der Waals surface area (Å²) in [5.41, 5.74) is 0.832. The molecular weight excluding hydrogens is 250 g/mol. The average molecular weight is 267 g/mol. The lowest BCUT2D eigenvalue weighted by Crippen LogP contribution is -2.45. The summed E-state index contributed by atoms with van der Waals surface area (Å²) in [5.74, 6) is -0.108. The molecule has 0 bridgehead atoms. The summed E-state index contributed by atoms with van der Waals surface area (Å²) in [6.45, 7) is 1.87. The Balaban J connectivity index is 2.07. The first-order valence-electron chi connectivity index (χ1n) is 6.14. The molecule has 1 aliphatic rings. The second-order valence-corrected chi connectivity index (χ2v) is 4.65. The molecule has 0 aliphatic carbocycles. The summed E-state index contributed by atoms with van der Waals surface area (Å²) in [7, 11) is 1.61. The smallest absolute Gasteiger partial charge is 0.363 e. The topological polar surface area (TPSA) is 88.7 Å². The fraction of sp³-hybridized carbons (Fsp3) is 0.583. The zero-order valence-electron chi connectivity index (χ0n) is 10.7. The molecule has 1 aliphatic heterocycles. The minimum absolute atomic E-state index is 0.0499. The van der Waals surface area contributed by atoms with E-state index < -0.39 is 4.92 Å². The Labute approximate surface area is 111 Å². The Morgan fingerprint density at radius 1 is 1.63 bits per heavy atom. The van der Waals surface area contributed by atoms with Crippen molar-refractivity contribution in [2.45, 2.75) is 12.5 Å². The molecule has 1 N–H and O–H groups in total. The monoisotopic (exact) mass is 267 g/mol. The minimum Gasteiger partial charge on any atom is -0.393 e. The third-order valence-electron chi connectivity index (χ3n) is 3.36. The summed E-state index contributed by atoms with van der Waals surface area (Å²) in [6, 6.07) is 3.08. The van der Waals surface area contributed by atoms with Gasteiger partial charge in [-0.2, -0.15) is 0 Å². The van der Waals surface area contributed by atoms with Crippen LogP contribution in [0.15, 0.2) is 18.3 Å². The van der Waals surface area contributed by atoms with Crippen molar-refractivity contribution in [3.8, 4) is 0 Å². The van der Waals surface area contributed by atoms with E-state index in [1.165, 1.54) is 12.3 Å². The molecule has 0 amide bonds. The van der Waals surface area contributed by atoms with E-state index in [0.29, 0.717) is 26.1 Å². The van der Waals surface area contributed by atoms with E-state index >= 15 is 0 Å². The second kappa shape index (κ2) is 5.94. The summed E-state index contributed by atoms with van der Waals surface area (Å²) in [6.07, 6.45) is 1.80. The van der Waals surface area contributed by atoms with Gasteiger partial charge in [0.25, 0.3) is 0 Å². The van der Waals surface area contributed by atoms with Gasteiger partial charge in [-0.05, 0) is 22.4 Å². The van der Waals surface area contributed by atoms with E-state index in [1.807, 2.05) is 0 Å². The Morgan fingerprint density at radius 2 is 2.42 bits per heavy atom. The molecular formula is C12H17N3O4. The normalized spacial score (nSPS) is 23.4. The Hall–Kier alpha value is -1.73. The van der Waals surface area contributed by atoms with E-state index in [4.69, 9.17) is 4.74 Å². The largest absolute Gasteiger partial charge is 0.393 e. The van der Waals surface area contributed by atoms with Crippen LogP contribution in [-0.4, -0.2) is 47.9 Å². The fourth-order valence-corrected chi connectivity index (χ4v) is 2.31. The van der Waals surface area contributed by atoms with E-state index in [0.717, 1.165) is 5.69 Å². The van der Waals surface area contributed by atoms with Gasteiger partial charge in [0.15, 0.2) is 6.20 Å². The van der Waals surface area contributed by atoms with Gasteiger partial charge in [-0.3, -0.25) is 0 Å². The maximum absolute atomic E-state index is 10.5. The lowest BCUT2D eigenvalue weighted by atomic mass is 9.95. The summed E-state index contributed by atoms with van der Waals surface area (Å²) < 4.78 is 5.09. The molecule has 2 heterocycles. The van der Waals surface area contributed by atoms with Gasteiger partial charge in [0.05, 0.1) is 18.4 Å². The van der Waals surface area contributed by atoms with Crippen molar-refractivity contribution in [1.82, 2.24) is 4.98 Å². The Morgan fingerprint density at radius 3 is 3.00 bits per heavy atom. The van der Waals surface area contributed by atoms with Crippen molar-refractivity contribution >= 4 is 11.5 Å². The number of aliphatic hydroxyl groups excluding tert-OH is 1. The fourth-order valence-electron chi connectivity index (χ4n) is 2.31. The number of ether oxygens (including phenoxy) is 1. The van der Waals surface area contributed by atoms with Crippen molar-refractivity contribution in [3.63, 3.8) is 0 Å².